The highest BCUT2D eigenvalue weighted by Gasteiger charge is 2.25. The van der Waals surface area contributed by atoms with Gasteiger partial charge in [-0.2, -0.15) is 4.99 Å². The summed E-state index contributed by atoms with van der Waals surface area (Å²) in [6.07, 6.45) is 4.33. The highest BCUT2D eigenvalue weighted by Crippen LogP contribution is 2.22. The number of fused-ring (bicyclic) bond motifs is 1. The summed E-state index contributed by atoms with van der Waals surface area (Å²) in [6.45, 7) is 6.71. The maximum Gasteiger partial charge on any atom is 0.258 e. The molecule has 1 aliphatic heterocycles. The van der Waals surface area contributed by atoms with Crippen LogP contribution in [0.3, 0.4) is 0 Å². The molecule has 0 saturated carbocycles. The Labute approximate surface area is 196 Å². The zero-order valence-electron chi connectivity index (χ0n) is 18.1. The van der Waals surface area contributed by atoms with Crippen LogP contribution < -0.4 is 4.80 Å². The van der Waals surface area contributed by atoms with Crippen LogP contribution >= 0.6 is 34.7 Å². The molecule has 3 rings (SSSR count). The summed E-state index contributed by atoms with van der Waals surface area (Å²) in [5.41, 5.74) is 0.985. The Balaban J connectivity index is 1.65. The highest BCUT2D eigenvalue weighted by atomic mass is 35.5. The summed E-state index contributed by atoms with van der Waals surface area (Å²) in [4.78, 5) is 32.1. The Morgan fingerprint density at radius 3 is 2.90 bits per heavy atom. The lowest BCUT2D eigenvalue weighted by molar-refractivity contribution is -0.132. The Kier molecular flexibility index (Phi) is 9.44. The van der Waals surface area contributed by atoms with Gasteiger partial charge in [0.25, 0.3) is 5.91 Å². The van der Waals surface area contributed by atoms with Crippen molar-refractivity contribution < 1.29 is 14.3 Å². The first-order valence-corrected chi connectivity index (χ1v) is 13.2. The molecule has 0 N–H and O–H groups in total. The van der Waals surface area contributed by atoms with Gasteiger partial charge < -0.3 is 14.2 Å². The summed E-state index contributed by atoms with van der Waals surface area (Å²) in [5, 5.41) is 0.653. The lowest BCUT2D eigenvalue weighted by atomic mass is 10.0. The number of aromatic nitrogens is 1. The third kappa shape index (κ3) is 6.57. The van der Waals surface area contributed by atoms with Gasteiger partial charge in [0.05, 0.1) is 28.3 Å². The molecule has 31 heavy (non-hydrogen) atoms. The lowest BCUT2D eigenvalue weighted by Crippen LogP contribution is -2.44. The minimum Gasteiger partial charge on any atom is -0.380 e. The van der Waals surface area contributed by atoms with Gasteiger partial charge in [0.2, 0.25) is 5.91 Å². The van der Waals surface area contributed by atoms with Gasteiger partial charge in [0, 0.05) is 30.8 Å². The van der Waals surface area contributed by atoms with E-state index in [-0.39, 0.29) is 17.6 Å². The maximum absolute atomic E-state index is 12.6. The van der Waals surface area contributed by atoms with Crippen LogP contribution in [-0.2, 0) is 20.9 Å². The number of hydrogen-bond acceptors (Lipinski definition) is 5. The Morgan fingerprint density at radius 1 is 1.29 bits per heavy atom. The van der Waals surface area contributed by atoms with Gasteiger partial charge >= 0.3 is 0 Å². The fraction of sp³-hybridized carbons (Fsp3) is 0.591. The topological polar surface area (TPSA) is 63.9 Å². The van der Waals surface area contributed by atoms with Crippen LogP contribution in [0.15, 0.2) is 23.2 Å². The third-order valence-electron chi connectivity index (χ3n) is 5.40. The minimum absolute atomic E-state index is 0.132. The number of benzene rings is 1. The molecule has 1 saturated heterocycles. The molecule has 9 heteroatoms. The summed E-state index contributed by atoms with van der Waals surface area (Å²) in [7, 11) is 0. The molecular weight excluding hydrogens is 454 g/mol. The molecule has 0 spiro atoms. The zero-order valence-corrected chi connectivity index (χ0v) is 20.5. The van der Waals surface area contributed by atoms with Gasteiger partial charge in [-0.3, -0.25) is 9.59 Å². The predicted molar refractivity (Wildman–Crippen MR) is 129 cm³/mol. The van der Waals surface area contributed by atoms with Crippen LogP contribution in [-0.4, -0.2) is 58.6 Å². The average Bonchev–Trinajstić information content (AvgIpc) is 3.09. The van der Waals surface area contributed by atoms with Crippen LogP contribution in [0, 0.1) is 0 Å². The standard InChI is InChI=1S/C22H30ClN3O3S2/c1-3-17-7-5-6-10-25(17)21(28)15-30-14-20(27)24-22-26(11-12-29-4-2)18-9-8-16(23)13-19(18)31-22/h8-9,13,17H,3-7,10-12,14-15H2,1-2H3. The van der Waals surface area contributed by atoms with Crippen molar-refractivity contribution in [3.05, 3.63) is 28.0 Å². The van der Waals surface area contributed by atoms with Gasteiger partial charge in [-0.1, -0.05) is 29.9 Å². The van der Waals surface area contributed by atoms with Crippen LogP contribution in [0.4, 0.5) is 0 Å². The van der Waals surface area contributed by atoms with E-state index in [1.807, 2.05) is 34.6 Å². The lowest BCUT2D eigenvalue weighted by Gasteiger charge is -2.35. The first-order valence-electron chi connectivity index (χ1n) is 10.8. The molecule has 6 nitrogen and oxygen atoms in total. The molecule has 1 fully saturated rings. The Bertz CT molecular complexity index is 973. The van der Waals surface area contributed by atoms with E-state index >= 15 is 0 Å². The number of thioether (sulfide) groups is 1. The first-order chi connectivity index (χ1) is 15.0. The van der Waals surface area contributed by atoms with Gasteiger partial charge in [0.1, 0.15) is 0 Å². The monoisotopic (exact) mass is 483 g/mol. The number of nitrogens with zero attached hydrogens (tertiary/aromatic N) is 3. The van der Waals surface area contributed by atoms with Crippen molar-refractivity contribution in [1.29, 1.82) is 0 Å². The van der Waals surface area contributed by atoms with Crippen LogP contribution in [0.5, 0.6) is 0 Å². The van der Waals surface area contributed by atoms with Gasteiger partial charge in [-0.05, 0) is 50.8 Å². The molecule has 1 atom stereocenters. The second-order valence-corrected chi connectivity index (χ2v) is 9.92. The van der Waals surface area contributed by atoms with Crippen molar-refractivity contribution in [2.24, 2.45) is 4.99 Å². The number of carbonyl (C=O) groups is 2. The van der Waals surface area contributed by atoms with Crippen molar-refractivity contribution >= 4 is 56.7 Å². The zero-order chi connectivity index (χ0) is 22.2. The van der Waals surface area contributed by atoms with E-state index in [1.165, 1.54) is 29.5 Å². The number of piperidine rings is 1. The van der Waals surface area contributed by atoms with Crippen molar-refractivity contribution in [3.8, 4) is 0 Å². The molecule has 1 aliphatic rings. The van der Waals surface area contributed by atoms with E-state index < -0.39 is 0 Å². The fourth-order valence-electron chi connectivity index (χ4n) is 3.85. The van der Waals surface area contributed by atoms with Gasteiger partial charge in [-0.25, -0.2) is 0 Å². The molecule has 2 aromatic rings. The number of rotatable bonds is 9. The van der Waals surface area contributed by atoms with Crippen LogP contribution in [0.1, 0.15) is 39.5 Å². The van der Waals surface area contributed by atoms with Crippen LogP contribution in [0.25, 0.3) is 10.2 Å². The third-order valence-corrected chi connectivity index (χ3v) is 7.58. The SMILES string of the molecule is CCOCCn1c(=NC(=O)CSCC(=O)N2CCCCC2CC)sc2cc(Cl)ccc21. The number of hydrogen-bond donors (Lipinski definition) is 0. The van der Waals surface area contributed by atoms with Crippen molar-refractivity contribution in [2.75, 3.05) is 31.3 Å². The second-order valence-electron chi connectivity index (χ2n) is 7.49. The van der Waals surface area contributed by atoms with E-state index in [0.717, 1.165) is 36.0 Å². The van der Waals surface area contributed by atoms with Crippen molar-refractivity contribution in [2.45, 2.75) is 52.1 Å². The molecule has 1 aromatic carbocycles. The quantitative estimate of drug-likeness (QED) is 0.497. The number of likely N-dealkylation sites (tertiary alicyclic amines) is 1. The largest absolute Gasteiger partial charge is 0.380 e. The van der Waals surface area contributed by atoms with Gasteiger partial charge in [0.15, 0.2) is 4.80 Å². The van der Waals surface area contributed by atoms with E-state index in [0.29, 0.717) is 41.4 Å². The summed E-state index contributed by atoms with van der Waals surface area (Å²) >= 11 is 8.92. The summed E-state index contributed by atoms with van der Waals surface area (Å²) in [5.74, 6) is 0.417. The predicted octanol–water partition coefficient (Wildman–Crippen LogP) is 4.34. The second kappa shape index (κ2) is 12.0. The van der Waals surface area contributed by atoms with Gasteiger partial charge in [-0.15, -0.1) is 11.8 Å². The highest BCUT2D eigenvalue weighted by molar-refractivity contribution is 8.00. The van der Waals surface area contributed by atoms with Crippen molar-refractivity contribution in [3.63, 3.8) is 0 Å². The number of carbonyl (C=O) groups excluding carboxylic acids is 2. The molecule has 170 valence electrons. The number of halogens is 1. The van der Waals surface area contributed by atoms with E-state index in [4.69, 9.17) is 16.3 Å². The Hall–Kier alpha value is -1.35. The van der Waals surface area contributed by atoms with Crippen LogP contribution in [0.2, 0.25) is 5.02 Å². The number of ether oxygens (including phenoxy) is 1. The molecular formula is C22H30ClN3O3S2. The average molecular weight is 484 g/mol. The fourth-order valence-corrected chi connectivity index (χ4v) is 5.88. The van der Waals surface area contributed by atoms with E-state index in [1.54, 1.807) is 0 Å². The molecule has 0 aliphatic carbocycles. The molecule has 2 amide bonds. The molecule has 0 bridgehead atoms. The first kappa shape index (κ1) is 24.3. The minimum atomic E-state index is -0.230. The van der Waals surface area contributed by atoms with E-state index in [9.17, 15) is 9.59 Å². The van der Waals surface area contributed by atoms with E-state index in [2.05, 4.69) is 11.9 Å². The molecule has 2 heterocycles. The molecule has 0 radical (unpaired) electrons. The smallest absolute Gasteiger partial charge is 0.258 e. The maximum atomic E-state index is 12.6. The number of amides is 2. The molecule has 1 unspecified atom stereocenters. The molecule has 1 aromatic heterocycles. The Morgan fingerprint density at radius 2 is 2.13 bits per heavy atom. The number of thiazole rings is 1. The summed E-state index contributed by atoms with van der Waals surface area (Å²) < 4.78 is 8.47. The van der Waals surface area contributed by atoms with Crippen molar-refractivity contribution in [1.82, 2.24) is 9.47 Å². The summed E-state index contributed by atoms with van der Waals surface area (Å²) in [6, 6.07) is 6.01. The normalized spacial score (nSPS) is 17.5.